The molecule has 1 aliphatic heterocycles. The molecule has 0 aromatic heterocycles. The molecule has 0 fully saturated rings. The third-order valence-corrected chi connectivity index (χ3v) is 3.77. The molecule has 0 aliphatic carbocycles. The zero-order chi connectivity index (χ0) is 16.3. The maximum absolute atomic E-state index is 12.3. The second-order valence-corrected chi connectivity index (χ2v) is 5.75. The normalized spacial score (nSPS) is 18.0. The first-order chi connectivity index (χ1) is 10.5. The first-order valence-corrected chi connectivity index (χ1v) is 7.72. The average molecular weight is 307 g/mol. The van der Waals surface area contributed by atoms with Crippen molar-refractivity contribution in [3.05, 3.63) is 23.3 Å². The van der Waals surface area contributed by atoms with Gasteiger partial charge in [0, 0.05) is 6.54 Å². The van der Waals surface area contributed by atoms with Gasteiger partial charge in [-0.1, -0.05) is 0 Å². The van der Waals surface area contributed by atoms with Gasteiger partial charge in [0.2, 0.25) is 0 Å². The Morgan fingerprint density at radius 2 is 2.09 bits per heavy atom. The zero-order valence-electron chi connectivity index (χ0n) is 14.0. The van der Waals surface area contributed by atoms with Gasteiger partial charge in [-0.25, -0.2) is 4.79 Å². The number of hydrogen-bond donors (Lipinski definition) is 0. The van der Waals surface area contributed by atoms with Crippen LogP contribution in [0.25, 0.3) is 0 Å². The van der Waals surface area contributed by atoms with E-state index in [1.165, 1.54) is 0 Å². The molecule has 22 heavy (non-hydrogen) atoms. The van der Waals surface area contributed by atoms with Crippen LogP contribution in [0.4, 0.5) is 0 Å². The predicted molar refractivity (Wildman–Crippen MR) is 84.5 cm³/mol. The first kappa shape index (κ1) is 16.6. The Hall–Kier alpha value is -1.75. The molecule has 0 spiro atoms. The molecule has 1 aliphatic rings. The summed E-state index contributed by atoms with van der Waals surface area (Å²) < 4.78 is 16.5. The highest BCUT2D eigenvalue weighted by Crippen LogP contribution is 2.38. The fourth-order valence-corrected chi connectivity index (χ4v) is 2.79. The van der Waals surface area contributed by atoms with E-state index in [0.717, 1.165) is 24.1 Å². The minimum atomic E-state index is -0.385. The molecule has 5 heteroatoms. The van der Waals surface area contributed by atoms with Crippen molar-refractivity contribution in [3.63, 3.8) is 0 Å². The summed E-state index contributed by atoms with van der Waals surface area (Å²) in [5, 5.41) is 0. The summed E-state index contributed by atoms with van der Waals surface area (Å²) in [6, 6.07) is 3.52. The third kappa shape index (κ3) is 3.35. The fourth-order valence-electron chi connectivity index (χ4n) is 2.79. The van der Waals surface area contributed by atoms with Crippen molar-refractivity contribution in [1.82, 2.24) is 4.90 Å². The average Bonchev–Trinajstić information content (AvgIpc) is 2.46. The Kier molecular flexibility index (Phi) is 5.29. The lowest BCUT2D eigenvalue weighted by atomic mass is 9.92. The topological polar surface area (TPSA) is 48.0 Å². The van der Waals surface area contributed by atoms with Gasteiger partial charge in [-0.05, 0) is 57.5 Å². The van der Waals surface area contributed by atoms with E-state index in [1.54, 1.807) is 7.11 Å². The number of methoxy groups -OCH3 is 1. The maximum Gasteiger partial charge on any atom is 0.328 e. The van der Waals surface area contributed by atoms with Crippen molar-refractivity contribution in [2.75, 3.05) is 27.3 Å². The Labute approximate surface area is 132 Å². The van der Waals surface area contributed by atoms with Crippen LogP contribution in [-0.2, 0) is 16.0 Å². The second-order valence-electron chi connectivity index (χ2n) is 5.75. The van der Waals surface area contributed by atoms with Crippen molar-refractivity contribution in [3.8, 4) is 11.5 Å². The summed E-state index contributed by atoms with van der Waals surface area (Å²) in [6.45, 7) is 6.94. The number of hydrogen-bond acceptors (Lipinski definition) is 5. The van der Waals surface area contributed by atoms with E-state index in [1.807, 2.05) is 44.9 Å². The molecule has 1 aromatic carbocycles. The van der Waals surface area contributed by atoms with Crippen molar-refractivity contribution in [1.29, 1.82) is 0 Å². The summed E-state index contributed by atoms with van der Waals surface area (Å²) in [7, 11) is 3.57. The molecule has 0 saturated carbocycles. The summed E-state index contributed by atoms with van der Waals surface area (Å²) in [5.41, 5.74) is 2.06. The predicted octanol–water partition coefficient (Wildman–Crippen LogP) is 2.57. The van der Waals surface area contributed by atoms with Crippen molar-refractivity contribution < 1.29 is 19.0 Å². The molecule has 1 aromatic rings. The van der Waals surface area contributed by atoms with E-state index in [2.05, 4.69) is 0 Å². The van der Waals surface area contributed by atoms with Crippen LogP contribution in [0.2, 0.25) is 0 Å². The number of likely N-dealkylation sites (N-methyl/N-ethyl adjacent to an activating group) is 1. The molecular formula is C17H25NO4. The fraction of sp³-hybridized carbons (Fsp3) is 0.588. The van der Waals surface area contributed by atoms with Gasteiger partial charge in [0.05, 0.1) is 19.8 Å². The van der Waals surface area contributed by atoms with Crippen LogP contribution in [0, 0.1) is 0 Å². The van der Waals surface area contributed by atoms with Crippen LogP contribution in [0.3, 0.4) is 0 Å². The van der Waals surface area contributed by atoms with Gasteiger partial charge in [0.25, 0.3) is 0 Å². The maximum atomic E-state index is 12.3. The van der Waals surface area contributed by atoms with E-state index in [4.69, 9.17) is 14.2 Å². The minimum absolute atomic E-state index is 0.0364. The molecule has 1 heterocycles. The first-order valence-electron chi connectivity index (χ1n) is 7.72. The Balaban J connectivity index is 2.46. The van der Waals surface area contributed by atoms with Crippen LogP contribution in [0.1, 0.15) is 37.9 Å². The van der Waals surface area contributed by atoms with Gasteiger partial charge >= 0.3 is 5.97 Å². The SMILES string of the molecule is CCOC(=O)C1c2cc(OC(C)C)c(OC)cc2CCN1C. The van der Waals surface area contributed by atoms with Gasteiger partial charge in [-0.2, -0.15) is 0 Å². The lowest BCUT2D eigenvalue weighted by Crippen LogP contribution is -2.38. The quantitative estimate of drug-likeness (QED) is 0.783. The van der Waals surface area contributed by atoms with E-state index in [9.17, 15) is 4.79 Å². The molecule has 1 atom stereocenters. The van der Waals surface area contributed by atoms with Crippen molar-refractivity contribution in [2.24, 2.45) is 0 Å². The van der Waals surface area contributed by atoms with E-state index < -0.39 is 0 Å². The number of nitrogens with zero attached hydrogens (tertiary/aromatic N) is 1. The summed E-state index contributed by atoms with van der Waals surface area (Å²) >= 11 is 0. The number of rotatable bonds is 5. The molecule has 1 unspecified atom stereocenters. The minimum Gasteiger partial charge on any atom is -0.493 e. The van der Waals surface area contributed by atoms with Crippen LogP contribution in [-0.4, -0.2) is 44.3 Å². The largest absolute Gasteiger partial charge is 0.493 e. The number of carbonyl (C=O) groups is 1. The number of fused-ring (bicyclic) bond motifs is 1. The molecule has 0 bridgehead atoms. The van der Waals surface area contributed by atoms with Gasteiger partial charge in [0.15, 0.2) is 11.5 Å². The number of benzene rings is 1. The van der Waals surface area contributed by atoms with Crippen LogP contribution < -0.4 is 9.47 Å². The second kappa shape index (κ2) is 7.01. The van der Waals surface area contributed by atoms with Crippen molar-refractivity contribution in [2.45, 2.75) is 39.3 Å². The molecule has 5 nitrogen and oxygen atoms in total. The summed E-state index contributed by atoms with van der Waals surface area (Å²) in [5.74, 6) is 1.16. The van der Waals surface area contributed by atoms with Crippen molar-refractivity contribution >= 4 is 5.97 Å². The summed E-state index contributed by atoms with van der Waals surface area (Å²) in [6.07, 6.45) is 0.911. The Morgan fingerprint density at radius 3 is 2.68 bits per heavy atom. The van der Waals surface area contributed by atoms with E-state index >= 15 is 0 Å². The van der Waals surface area contributed by atoms with Gasteiger partial charge in [0.1, 0.15) is 6.04 Å². The van der Waals surface area contributed by atoms with Crippen LogP contribution in [0.5, 0.6) is 11.5 Å². The Bertz CT molecular complexity index is 542. The molecule has 0 saturated heterocycles. The summed E-state index contributed by atoms with van der Waals surface area (Å²) in [4.78, 5) is 14.3. The number of carbonyl (C=O) groups excluding carboxylic acids is 1. The molecular weight excluding hydrogens is 282 g/mol. The van der Waals surface area contributed by atoms with Gasteiger partial charge < -0.3 is 14.2 Å². The molecule has 2 rings (SSSR count). The number of ether oxygens (including phenoxy) is 3. The smallest absolute Gasteiger partial charge is 0.328 e. The lowest BCUT2D eigenvalue weighted by Gasteiger charge is -2.33. The molecule has 0 N–H and O–H groups in total. The van der Waals surface area contributed by atoms with Crippen LogP contribution >= 0.6 is 0 Å². The van der Waals surface area contributed by atoms with Gasteiger partial charge in [-0.15, -0.1) is 0 Å². The lowest BCUT2D eigenvalue weighted by molar-refractivity contribution is -0.149. The van der Waals surface area contributed by atoms with E-state index in [-0.39, 0.29) is 18.1 Å². The highest BCUT2D eigenvalue weighted by Gasteiger charge is 2.33. The Morgan fingerprint density at radius 1 is 1.36 bits per heavy atom. The standard InChI is InChI=1S/C17H25NO4/c1-6-21-17(19)16-13-10-15(22-11(2)3)14(20-5)9-12(13)7-8-18(16)4/h9-11,16H,6-8H2,1-5H3. The highest BCUT2D eigenvalue weighted by molar-refractivity contribution is 5.79. The molecule has 122 valence electrons. The monoisotopic (exact) mass is 307 g/mol. The number of esters is 1. The molecule has 0 amide bonds. The van der Waals surface area contributed by atoms with Crippen LogP contribution in [0.15, 0.2) is 12.1 Å². The zero-order valence-corrected chi connectivity index (χ0v) is 14.0. The molecule has 0 radical (unpaired) electrons. The third-order valence-electron chi connectivity index (χ3n) is 3.77. The van der Waals surface area contributed by atoms with Gasteiger partial charge in [-0.3, -0.25) is 4.90 Å². The highest BCUT2D eigenvalue weighted by atomic mass is 16.5. The van der Waals surface area contributed by atoms with E-state index in [0.29, 0.717) is 18.1 Å².